The zero-order chi connectivity index (χ0) is 27.5. The van der Waals surface area contributed by atoms with Crippen molar-refractivity contribution in [1.29, 1.82) is 0 Å². The van der Waals surface area contributed by atoms with Crippen LogP contribution < -0.4 is 5.32 Å². The number of carbonyl (C=O) groups excluding carboxylic acids is 3. The first kappa shape index (κ1) is 27.5. The molecule has 0 radical (unpaired) electrons. The van der Waals surface area contributed by atoms with Gasteiger partial charge in [-0.3, -0.25) is 14.4 Å². The van der Waals surface area contributed by atoms with E-state index >= 15 is 0 Å². The average molecular weight is 546 g/mol. The minimum absolute atomic E-state index is 0.0189. The topological polar surface area (TPSA) is 79.4 Å². The van der Waals surface area contributed by atoms with Crippen molar-refractivity contribution in [2.24, 2.45) is 11.8 Å². The zero-order valence-corrected chi connectivity index (χ0v) is 24.1. The third-order valence-electron chi connectivity index (χ3n) is 8.67. The molecule has 2 aliphatic rings. The van der Waals surface area contributed by atoms with Gasteiger partial charge in [0.2, 0.25) is 11.8 Å². The van der Waals surface area contributed by atoms with Crippen molar-refractivity contribution < 1.29 is 14.4 Å². The number of hydrogen-bond donors (Lipinski definition) is 1. The van der Waals surface area contributed by atoms with Crippen LogP contribution in [0.1, 0.15) is 93.5 Å². The van der Waals surface area contributed by atoms with Crippen LogP contribution in [0.3, 0.4) is 0 Å². The minimum atomic E-state index is -0.463. The molecule has 6 nitrogen and oxygen atoms in total. The largest absolute Gasteiger partial charge is 0.344 e. The lowest BCUT2D eigenvalue weighted by Gasteiger charge is -2.35. The zero-order valence-electron chi connectivity index (χ0n) is 23.2. The summed E-state index contributed by atoms with van der Waals surface area (Å²) in [6.07, 6.45) is 7.96. The molecule has 2 aromatic carbocycles. The quantitative estimate of drug-likeness (QED) is 0.311. The number of nitrogens with one attached hydrogen (secondary N) is 1. The Balaban J connectivity index is 1.42. The fraction of sp³-hybridized carbons (Fsp3) is 0.500. The highest BCUT2D eigenvalue weighted by molar-refractivity contribution is 7.10. The number of fused-ring (bicyclic) bond motifs is 1. The first-order valence-corrected chi connectivity index (χ1v) is 15.4. The standard InChI is InChI=1S/C32H39N3O3S/c1-4-20(2)30(37)34-29(22-11-6-5-7-12-22)32(38)35-18-10-15-28(35)31-33-27(19-39-31)26-17-16-23(21(3)36)24-13-8-9-14-25(24)26/h8-9,13-14,16-17,19-20,22,28-29H,4-7,10-12,15,18H2,1-3H3,(H,34,37)/t20-,28+,29+/m1/s1. The van der Waals surface area contributed by atoms with Gasteiger partial charge in [0, 0.05) is 29.0 Å². The first-order valence-electron chi connectivity index (χ1n) is 14.5. The van der Waals surface area contributed by atoms with E-state index in [1.165, 1.54) is 6.42 Å². The van der Waals surface area contributed by atoms with Crippen molar-refractivity contribution in [3.63, 3.8) is 0 Å². The maximum atomic E-state index is 14.1. The number of likely N-dealkylation sites (tertiary alicyclic amines) is 1. The molecular weight excluding hydrogens is 506 g/mol. The Morgan fingerprint density at radius 3 is 2.49 bits per heavy atom. The second-order valence-electron chi connectivity index (χ2n) is 11.2. The molecule has 0 unspecified atom stereocenters. The average Bonchev–Trinajstić information content (AvgIpc) is 3.65. The van der Waals surface area contributed by atoms with Crippen LogP contribution in [0, 0.1) is 11.8 Å². The highest BCUT2D eigenvalue weighted by Gasteiger charge is 2.40. The molecule has 2 fully saturated rings. The molecule has 1 saturated heterocycles. The maximum Gasteiger partial charge on any atom is 0.246 e. The van der Waals surface area contributed by atoms with E-state index in [0.717, 1.165) is 72.0 Å². The van der Waals surface area contributed by atoms with Crippen molar-refractivity contribution in [2.45, 2.75) is 84.2 Å². The monoisotopic (exact) mass is 545 g/mol. The molecule has 2 amide bonds. The number of Topliss-reactive ketones (excluding diaryl/α,β-unsaturated/α-hetero) is 1. The smallest absolute Gasteiger partial charge is 0.246 e. The van der Waals surface area contributed by atoms with Gasteiger partial charge in [-0.25, -0.2) is 4.98 Å². The Kier molecular flexibility index (Phi) is 8.46. The van der Waals surface area contributed by atoms with E-state index in [2.05, 4.69) is 10.7 Å². The molecule has 7 heteroatoms. The lowest BCUT2D eigenvalue weighted by molar-refractivity contribution is -0.140. The highest BCUT2D eigenvalue weighted by Crippen LogP contribution is 2.39. The molecular formula is C32H39N3O3S. The van der Waals surface area contributed by atoms with E-state index in [4.69, 9.17) is 4.98 Å². The summed E-state index contributed by atoms with van der Waals surface area (Å²) in [5.74, 6) is 0.163. The van der Waals surface area contributed by atoms with Gasteiger partial charge in [0.1, 0.15) is 11.0 Å². The van der Waals surface area contributed by atoms with Gasteiger partial charge in [0.25, 0.3) is 0 Å². The Labute approximate surface area is 235 Å². The van der Waals surface area contributed by atoms with E-state index in [1.54, 1.807) is 18.3 Å². The Morgan fingerprint density at radius 2 is 1.77 bits per heavy atom. The predicted molar refractivity (Wildman–Crippen MR) is 157 cm³/mol. The molecule has 3 aromatic rings. The summed E-state index contributed by atoms with van der Waals surface area (Å²) in [5, 5.41) is 8.12. The maximum absolute atomic E-state index is 14.1. The second-order valence-corrected chi connectivity index (χ2v) is 12.1. The van der Waals surface area contributed by atoms with E-state index in [9.17, 15) is 14.4 Å². The van der Waals surface area contributed by atoms with Gasteiger partial charge in [-0.2, -0.15) is 0 Å². The third-order valence-corrected chi connectivity index (χ3v) is 9.61. The van der Waals surface area contributed by atoms with Gasteiger partial charge in [0.05, 0.1) is 11.7 Å². The van der Waals surface area contributed by atoms with E-state index in [-0.39, 0.29) is 35.5 Å². The van der Waals surface area contributed by atoms with Gasteiger partial charge in [-0.15, -0.1) is 11.3 Å². The molecule has 3 atom stereocenters. The number of hydrogen-bond acceptors (Lipinski definition) is 5. The van der Waals surface area contributed by atoms with Gasteiger partial charge < -0.3 is 10.2 Å². The molecule has 1 aliphatic carbocycles. The summed E-state index contributed by atoms with van der Waals surface area (Å²) < 4.78 is 0. The van der Waals surface area contributed by atoms with Gasteiger partial charge >= 0.3 is 0 Å². The van der Waals surface area contributed by atoms with Crippen molar-refractivity contribution in [2.75, 3.05) is 6.54 Å². The summed E-state index contributed by atoms with van der Waals surface area (Å²) in [6, 6.07) is 11.3. The van der Waals surface area contributed by atoms with Crippen molar-refractivity contribution >= 4 is 39.7 Å². The van der Waals surface area contributed by atoms with Crippen LogP contribution in [-0.2, 0) is 9.59 Å². The highest BCUT2D eigenvalue weighted by atomic mass is 32.1. The summed E-state index contributed by atoms with van der Waals surface area (Å²) in [6.45, 7) is 6.23. The summed E-state index contributed by atoms with van der Waals surface area (Å²) in [7, 11) is 0. The minimum Gasteiger partial charge on any atom is -0.344 e. The summed E-state index contributed by atoms with van der Waals surface area (Å²) in [5.41, 5.74) is 2.58. The van der Waals surface area contributed by atoms with E-state index < -0.39 is 6.04 Å². The van der Waals surface area contributed by atoms with Crippen LogP contribution in [0.25, 0.3) is 22.0 Å². The second kappa shape index (κ2) is 12.0. The first-order chi connectivity index (χ1) is 18.9. The van der Waals surface area contributed by atoms with Crippen LogP contribution in [0.4, 0.5) is 0 Å². The van der Waals surface area contributed by atoms with Gasteiger partial charge in [-0.05, 0) is 55.7 Å². The van der Waals surface area contributed by atoms with Crippen molar-refractivity contribution in [3.05, 3.63) is 52.3 Å². The molecule has 5 rings (SSSR count). The molecule has 0 bridgehead atoms. The molecule has 1 aliphatic heterocycles. The number of carbonyl (C=O) groups is 3. The number of aromatic nitrogens is 1. The predicted octanol–water partition coefficient (Wildman–Crippen LogP) is 6.94. The molecule has 1 aromatic heterocycles. The molecule has 39 heavy (non-hydrogen) atoms. The Bertz CT molecular complexity index is 1360. The molecule has 206 valence electrons. The van der Waals surface area contributed by atoms with Gasteiger partial charge in [0.15, 0.2) is 5.78 Å². The number of nitrogens with zero attached hydrogens (tertiary/aromatic N) is 2. The lowest BCUT2D eigenvalue weighted by Crippen LogP contribution is -2.53. The third kappa shape index (κ3) is 5.65. The van der Waals surface area contributed by atoms with Crippen LogP contribution in [0.5, 0.6) is 0 Å². The van der Waals surface area contributed by atoms with E-state index in [1.807, 2.05) is 55.1 Å². The fourth-order valence-electron chi connectivity index (χ4n) is 6.19. The molecule has 1 saturated carbocycles. The fourth-order valence-corrected chi connectivity index (χ4v) is 7.15. The van der Waals surface area contributed by atoms with Crippen molar-refractivity contribution in [3.8, 4) is 11.3 Å². The SMILES string of the molecule is CC[C@@H](C)C(=O)N[C@H](C(=O)N1CCC[C@H]1c1nc(-c2ccc(C(C)=O)c3ccccc23)cs1)C1CCCCC1. The number of ketones is 1. The Hall–Kier alpha value is -3.06. The molecule has 0 spiro atoms. The molecule has 1 N–H and O–H groups in total. The summed E-state index contributed by atoms with van der Waals surface area (Å²) >= 11 is 1.59. The van der Waals surface area contributed by atoms with Crippen LogP contribution in [0.15, 0.2) is 41.8 Å². The summed E-state index contributed by atoms with van der Waals surface area (Å²) in [4.78, 5) is 46.2. The Morgan fingerprint density at radius 1 is 1.03 bits per heavy atom. The number of amides is 2. The lowest BCUT2D eigenvalue weighted by atomic mass is 9.83. The van der Waals surface area contributed by atoms with Crippen LogP contribution in [-0.4, -0.2) is 40.1 Å². The van der Waals surface area contributed by atoms with E-state index in [0.29, 0.717) is 12.1 Å². The number of thiazole rings is 1. The van der Waals surface area contributed by atoms with Crippen LogP contribution >= 0.6 is 11.3 Å². The van der Waals surface area contributed by atoms with Crippen LogP contribution in [0.2, 0.25) is 0 Å². The number of benzene rings is 2. The van der Waals surface area contributed by atoms with Crippen molar-refractivity contribution in [1.82, 2.24) is 15.2 Å². The molecule has 2 heterocycles. The number of rotatable bonds is 8. The normalized spacial score (nSPS) is 19.7. The van der Waals surface area contributed by atoms with Gasteiger partial charge in [-0.1, -0.05) is 69.5 Å².